The Morgan fingerprint density at radius 2 is 2.38 bits per heavy atom. The maximum atomic E-state index is 5.84. The molecule has 1 aromatic heterocycles. The van der Waals surface area contributed by atoms with E-state index in [4.69, 9.17) is 11.6 Å². The average molecular weight is 216 g/mol. The van der Waals surface area contributed by atoms with E-state index in [0.29, 0.717) is 6.04 Å². The van der Waals surface area contributed by atoms with Gasteiger partial charge in [-0.25, -0.2) is 0 Å². The third-order valence-corrected chi connectivity index (χ3v) is 3.21. The quantitative estimate of drug-likeness (QED) is 0.757. The lowest BCUT2D eigenvalue weighted by atomic mass is 10.3. The van der Waals surface area contributed by atoms with Crippen molar-refractivity contribution in [3.05, 3.63) is 33.5 Å². The minimum atomic E-state index is 0.383. The predicted molar refractivity (Wildman–Crippen MR) is 60.6 cm³/mol. The van der Waals surface area contributed by atoms with Crippen molar-refractivity contribution in [2.45, 2.75) is 19.9 Å². The van der Waals surface area contributed by atoms with Gasteiger partial charge in [0.05, 0.1) is 4.34 Å². The van der Waals surface area contributed by atoms with Gasteiger partial charge in [-0.15, -0.1) is 11.3 Å². The van der Waals surface area contributed by atoms with Gasteiger partial charge in [0.2, 0.25) is 0 Å². The summed E-state index contributed by atoms with van der Waals surface area (Å²) < 4.78 is 0.856. The van der Waals surface area contributed by atoms with Crippen LogP contribution < -0.4 is 5.32 Å². The molecule has 1 heterocycles. The zero-order chi connectivity index (χ0) is 9.68. The van der Waals surface area contributed by atoms with E-state index in [9.17, 15) is 0 Å². The maximum Gasteiger partial charge on any atom is 0.0931 e. The molecule has 1 nitrogen and oxygen atoms in total. The molecule has 0 radical (unpaired) electrons. The van der Waals surface area contributed by atoms with E-state index in [1.165, 1.54) is 4.88 Å². The van der Waals surface area contributed by atoms with Gasteiger partial charge in [-0.05, 0) is 26.0 Å². The van der Waals surface area contributed by atoms with Crippen molar-refractivity contribution in [2.24, 2.45) is 0 Å². The van der Waals surface area contributed by atoms with Crippen molar-refractivity contribution in [3.8, 4) is 0 Å². The van der Waals surface area contributed by atoms with E-state index in [-0.39, 0.29) is 0 Å². The molecule has 0 aliphatic carbocycles. The number of thiophene rings is 1. The minimum absolute atomic E-state index is 0.383. The lowest BCUT2D eigenvalue weighted by Crippen LogP contribution is -2.17. The van der Waals surface area contributed by atoms with Crippen molar-refractivity contribution in [2.75, 3.05) is 6.54 Å². The van der Waals surface area contributed by atoms with Crippen LogP contribution in [0.4, 0.5) is 0 Å². The summed E-state index contributed by atoms with van der Waals surface area (Å²) in [6, 6.07) is 4.39. The Kier molecular flexibility index (Phi) is 4.50. The minimum Gasteiger partial charge on any atom is -0.306 e. The molecule has 13 heavy (non-hydrogen) atoms. The molecule has 0 spiro atoms. The fourth-order valence-electron chi connectivity index (χ4n) is 1.02. The van der Waals surface area contributed by atoms with Crippen LogP contribution in [0.25, 0.3) is 0 Å². The van der Waals surface area contributed by atoms with Crippen LogP contribution in [0.15, 0.2) is 24.3 Å². The first-order valence-electron chi connectivity index (χ1n) is 4.34. The maximum absolute atomic E-state index is 5.84. The van der Waals surface area contributed by atoms with Gasteiger partial charge in [0.1, 0.15) is 0 Å². The number of allylic oxidation sites excluding steroid dienone is 1. The van der Waals surface area contributed by atoms with E-state index in [0.717, 1.165) is 10.9 Å². The van der Waals surface area contributed by atoms with E-state index in [2.05, 4.69) is 24.4 Å². The molecule has 1 unspecified atom stereocenters. The zero-order valence-electron chi connectivity index (χ0n) is 7.88. The Hall–Kier alpha value is -0.310. The summed E-state index contributed by atoms with van der Waals surface area (Å²) in [5.74, 6) is 0. The summed E-state index contributed by atoms with van der Waals surface area (Å²) in [7, 11) is 0. The average Bonchev–Trinajstić information content (AvgIpc) is 2.52. The van der Waals surface area contributed by atoms with E-state index in [1.807, 2.05) is 19.1 Å². The molecule has 1 aromatic rings. The van der Waals surface area contributed by atoms with Gasteiger partial charge in [-0.2, -0.15) is 0 Å². The third kappa shape index (κ3) is 3.51. The summed E-state index contributed by atoms with van der Waals surface area (Å²) >= 11 is 7.48. The molecule has 0 fully saturated rings. The van der Waals surface area contributed by atoms with Crippen molar-refractivity contribution in [1.82, 2.24) is 5.32 Å². The molecular weight excluding hydrogens is 202 g/mol. The monoisotopic (exact) mass is 215 g/mol. The highest BCUT2D eigenvalue weighted by Gasteiger charge is 2.05. The molecule has 0 amide bonds. The Bertz CT molecular complexity index is 280. The van der Waals surface area contributed by atoms with Crippen LogP contribution in [-0.4, -0.2) is 6.54 Å². The van der Waals surface area contributed by atoms with Crippen molar-refractivity contribution in [3.63, 3.8) is 0 Å². The highest BCUT2D eigenvalue weighted by atomic mass is 35.5. The molecule has 1 N–H and O–H groups in total. The van der Waals surface area contributed by atoms with Crippen LogP contribution in [0.1, 0.15) is 24.8 Å². The number of halogens is 1. The summed E-state index contributed by atoms with van der Waals surface area (Å²) in [5.41, 5.74) is 0. The molecule has 0 saturated heterocycles. The first-order valence-corrected chi connectivity index (χ1v) is 5.53. The Morgan fingerprint density at radius 1 is 1.62 bits per heavy atom. The molecular formula is C10H14ClNS. The van der Waals surface area contributed by atoms with Gasteiger partial charge in [-0.1, -0.05) is 23.8 Å². The number of nitrogens with one attached hydrogen (secondary N) is 1. The highest BCUT2D eigenvalue weighted by Crippen LogP contribution is 2.26. The molecule has 1 rings (SSSR count). The molecule has 0 bridgehead atoms. The van der Waals surface area contributed by atoms with E-state index < -0.39 is 0 Å². The van der Waals surface area contributed by atoms with Crippen LogP contribution in [0, 0.1) is 0 Å². The Balaban J connectivity index is 2.43. The SMILES string of the molecule is C/C=C/CNC(C)c1ccc(Cl)s1. The van der Waals surface area contributed by atoms with Gasteiger partial charge >= 0.3 is 0 Å². The summed E-state index contributed by atoms with van der Waals surface area (Å²) in [5, 5.41) is 3.38. The molecule has 0 aliphatic heterocycles. The van der Waals surface area contributed by atoms with E-state index in [1.54, 1.807) is 11.3 Å². The second-order valence-electron chi connectivity index (χ2n) is 2.84. The largest absolute Gasteiger partial charge is 0.306 e. The molecule has 0 aliphatic rings. The van der Waals surface area contributed by atoms with Crippen LogP contribution >= 0.6 is 22.9 Å². The summed E-state index contributed by atoms with van der Waals surface area (Å²) in [6.45, 7) is 5.08. The van der Waals surface area contributed by atoms with Crippen LogP contribution in [0.3, 0.4) is 0 Å². The molecule has 72 valence electrons. The molecule has 0 saturated carbocycles. The predicted octanol–water partition coefficient (Wildman–Crippen LogP) is 3.63. The summed E-state index contributed by atoms with van der Waals surface area (Å²) in [6.07, 6.45) is 4.15. The topological polar surface area (TPSA) is 12.0 Å². The van der Waals surface area contributed by atoms with Gasteiger partial charge in [0.15, 0.2) is 0 Å². The van der Waals surface area contributed by atoms with Crippen LogP contribution in [0.2, 0.25) is 4.34 Å². The number of hydrogen-bond acceptors (Lipinski definition) is 2. The fraction of sp³-hybridized carbons (Fsp3) is 0.400. The van der Waals surface area contributed by atoms with Crippen molar-refractivity contribution >= 4 is 22.9 Å². The van der Waals surface area contributed by atoms with Crippen molar-refractivity contribution < 1.29 is 0 Å². The second-order valence-corrected chi connectivity index (χ2v) is 4.59. The smallest absolute Gasteiger partial charge is 0.0931 e. The molecule has 1 atom stereocenters. The van der Waals surface area contributed by atoms with Crippen molar-refractivity contribution in [1.29, 1.82) is 0 Å². The first-order chi connectivity index (χ1) is 6.24. The Morgan fingerprint density at radius 3 is 2.92 bits per heavy atom. The molecule has 0 aromatic carbocycles. The molecule has 3 heteroatoms. The second kappa shape index (κ2) is 5.43. The highest BCUT2D eigenvalue weighted by molar-refractivity contribution is 7.16. The number of rotatable bonds is 4. The lowest BCUT2D eigenvalue weighted by Gasteiger charge is -2.09. The summed E-state index contributed by atoms with van der Waals surface area (Å²) in [4.78, 5) is 1.29. The van der Waals surface area contributed by atoms with Crippen LogP contribution in [0.5, 0.6) is 0 Å². The first kappa shape index (κ1) is 10.8. The van der Waals surface area contributed by atoms with Crippen LogP contribution in [-0.2, 0) is 0 Å². The van der Waals surface area contributed by atoms with Gasteiger partial charge in [0, 0.05) is 17.5 Å². The fourth-order valence-corrected chi connectivity index (χ4v) is 2.11. The number of hydrogen-bond donors (Lipinski definition) is 1. The standard InChI is InChI=1S/C10H14ClNS/c1-3-4-7-12-8(2)9-5-6-10(11)13-9/h3-6,8,12H,7H2,1-2H3/b4-3+. The zero-order valence-corrected chi connectivity index (χ0v) is 9.45. The van der Waals surface area contributed by atoms with Gasteiger partial charge in [-0.3, -0.25) is 0 Å². The Labute approximate surface area is 88.4 Å². The van der Waals surface area contributed by atoms with E-state index >= 15 is 0 Å². The lowest BCUT2D eigenvalue weighted by molar-refractivity contribution is 0.627. The van der Waals surface area contributed by atoms with Gasteiger partial charge < -0.3 is 5.32 Å². The third-order valence-electron chi connectivity index (χ3n) is 1.80. The normalized spacial score (nSPS) is 13.8. The van der Waals surface area contributed by atoms with Gasteiger partial charge in [0.25, 0.3) is 0 Å².